The second kappa shape index (κ2) is 4.59. The summed E-state index contributed by atoms with van der Waals surface area (Å²) < 4.78 is 5.67. The van der Waals surface area contributed by atoms with Crippen molar-refractivity contribution in [1.82, 2.24) is 10.2 Å². The van der Waals surface area contributed by atoms with Gasteiger partial charge in [0.05, 0.1) is 30.9 Å². The smallest absolute Gasteiger partial charge is 0.317 e. The van der Waals surface area contributed by atoms with Crippen LogP contribution in [0.1, 0.15) is 26.2 Å². The molecule has 0 aromatic rings. The van der Waals surface area contributed by atoms with Crippen molar-refractivity contribution in [3.8, 4) is 0 Å². The maximum absolute atomic E-state index is 11.8. The number of hydrogen-bond donors (Lipinski definition) is 2. The summed E-state index contributed by atoms with van der Waals surface area (Å²) in [4.78, 5) is 13.4. The van der Waals surface area contributed by atoms with Gasteiger partial charge in [0.25, 0.3) is 0 Å². The monoisotopic (exact) mass is 228 g/mol. The third-order valence-electron chi connectivity index (χ3n) is 3.66. The number of hydrogen-bond acceptors (Lipinski definition) is 3. The van der Waals surface area contributed by atoms with E-state index in [4.69, 9.17) is 9.84 Å². The zero-order valence-corrected chi connectivity index (χ0v) is 9.85. The molecule has 5 heteroatoms. The Morgan fingerprint density at radius 3 is 2.88 bits per heavy atom. The molecule has 2 rings (SSSR count). The number of likely N-dealkylation sites (N-methyl/N-ethyl adjacent to an activating group) is 1. The summed E-state index contributed by atoms with van der Waals surface area (Å²) in [6, 6.07) is -0.123. The summed E-state index contributed by atoms with van der Waals surface area (Å²) in [7, 11) is 1.70. The van der Waals surface area contributed by atoms with Gasteiger partial charge in [-0.05, 0) is 26.2 Å². The van der Waals surface area contributed by atoms with Crippen LogP contribution in [0.25, 0.3) is 0 Å². The van der Waals surface area contributed by atoms with E-state index in [9.17, 15) is 4.79 Å². The second-order valence-corrected chi connectivity index (χ2v) is 4.81. The molecule has 4 atom stereocenters. The van der Waals surface area contributed by atoms with Gasteiger partial charge in [-0.3, -0.25) is 0 Å². The highest BCUT2D eigenvalue weighted by atomic mass is 16.5. The van der Waals surface area contributed by atoms with Gasteiger partial charge in [0.1, 0.15) is 0 Å². The first-order valence-corrected chi connectivity index (χ1v) is 5.91. The molecule has 0 spiro atoms. The van der Waals surface area contributed by atoms with E-state index in [0.717, 1.165) is 19.3 Å². The Kier molecular flexibility index (Phi) is 3.35. The fraction of sp³-hybridized carbons (Fsp3) is 0.909. The van der Waals surface area contributed by atoms with Gasteiger partial charge >= 0.3 is 6.03 Å². The fourth-order valence-electron chi connectivity index (χ4n) is 2.37. The zero-order chi connectivity index (χ0) is 11.7. The summed E-state index contributed by atoms with van der Waals surface area (Å²) in [6.45, 7) is 1.80. The third kappa shape index (κ3) is 2.15. The van der Waals surface area contributed by atoms with Gasteiger partial charge in [0.15, 0.2) is 0 Å². The van der Waals surface area contributed by atoms with Gasteiger partial charge in [-0.1, -0.05) is 0 Å². The molecular formula is C11H20N2O3. The Morgan fingerprint density at radius 1 is 1.62 bits per heavy atom. The molecule has 5 nitrogen and oxygen atoms in total. The van der Waals surface area contributed by atoms with Crippen LogP contribution in [-0.2, 0) is 4.74 Å². The van der Waals surface area contributed by atoms with Crippen molar-refractivity contribution in [1.29, 1.82) is 0 Å². The molecule has 2 fully saturated rings. The number of fused-ring (bicyclic) bond motifs is 2. The number of aliphatic hydroxyl groups is 1. The number of carbonyl (C=O) groups excluding carboxylic acids is 1. The van der Waals surface area contributed by atoms with Gasteiger partial charge < -0.3 is 20.1 Å². The Morgan fingerprint density at radius 2 is 2.38 bits per heavy atom. The number of nitrogens with zero attached hydrogens (tertiary/aromatic N) is 1. The molecule has 0 aromatic carbocycles. The molecule has 2 aliphatic heterocycles. The van der Waals surface area contributed by atoms with Gasteiger partial charge in [0, 0.05) is 7.05 Å². The molecule has 0 aromatic heterocycles. The van der Waals surface area contributed by atoms with Crippen LogP contribution in [0.3, 0.4) is 0 Å². The van der Waals surface area contributed by atoms with Crippen molar-refractivity contribution in [3.63, 3.8) is 0 Å². The highest BCUT2D eigenvalue weighted by Gasteiger charge is 2.41. The van der Waals surface area contributed by atoms with E-state index < -0.39 is 0 Å². The minimum atomic E-state index is -0.153. The lowest BCUT2D eigenvalue weighted by atomic mass is 9.96. The molecule has 2 heterocycles. The first-order chi connectivity index (χ1) is 7.61. The van der Waals surface area contributed by atoms with Crippen molar-refractivity contribution in [3.05, 3.63) is 0 Å². The lowest BCUT2D eigenvalue weighted by Crippen LogP contribution is -2.50. The lowest BCUT2D eigenvalue weighted by Gasteiger charge is -2.27. The van der Waals surface area contributed by atoms with E-state index in [1.807, 2.05) is 6.92 Å². The fourth-order valence-corrected chi connectivity index (χ4v) is 2.37. The minimum absolute atomic E-state index is 0.0167. The van der Waals surface area contributed by atoms with Gasteiger partial charge in [-0.25, -0.2) is 4.79 Å². The molecule has 92 valence electrons. The van der Waals surface area contributed by atoms with E-state index >= 15 is 0 Å². The van der Waals surface area contributed by atoms with Crippen molar-refractivity contribution >= 4 is 6.03 Å². The number of rotatable bonds is 3. The molecule has 2 N–H and O–H groups in total. The minimum Gasteiger partial charge on any atom is -0.394 e. The van der Waals surface area contributed by atoms with Crippen LogP contribution in [0, 0.1) is 0 Å². The number of aliphatic hydroxyl groups excluding tert-OH is 1. The predicted octanol–water partition coefficient (Wildman–Crippen LogP) is 0.328. The first kappa shape index (κ1) is 11.7. The molecule has 0 aliphatic carbocycles. The van der Waals surface area contributed by atoms with E-state index in [-0.39, 0.29) is 30.8 Å². The van der Waals surface area contributed by atoms with Crippen molar-refractivity contribution in [2.24, 2.45) is 0 Å². The average Bonchev–Trinajstić information content (AvgIpc) is 2.88. The molecule has 0 saturated carbocycles. The van der Waals surface area contributed by atoms with Crippen LogP contribution in [0.15, 0.2) is 0 Å². The van der Waals surface area contributed by atoms with Crippen LogP contribution >= 0.6 is 0 Å². The maximum atomic E-state index is 11.8. The lowest BCUT2D eigenvalue weighted by molar-refractivity contribution is 0.0961. The van der Waals surface area contributed by atoms with Crippen molar-refractivity contribution in [2.75, 3.05) is 13.7 Å². The summed E-state index contributed by atoms with van der Waals surface area (Å²) in [5, 5.41) is 11.9. The van der Waals surface area contributed by atoms with E-state index in [1.54, 1.807) is 7.05 Å². The predicted molar refractivity (Wildman–Crippen MR) is 59.1 cm³/mol. The van der Waals surface area contributed by atoms with Gasteiger partial charge in [-0.2, -0.15) is 0 Å². The molecule has 2 amide bonds. The Balaban J connectivity index is 1.83. The summed E-state index contributed by atoms with van der Waals surface area (Å²) in [5.74, 6) is 0. The standard InChI is InChI=1S/C11H20N2O3/c1-7(6-14)13(2)11(15)12-9-5-8-3-4-10(9)16-8/h7-10,14H,3-6H2,1-2H3,(H,12,15). The molecule has 4 unspecified atom stereocenters. The Bertz CT molecular complexity index is 272. The van der Waals surface area contributed by atoms with Gasteiger partial charge in [-0.15, -0.1) is 0 Å². The normalized spacial score (nSPS) is 33.8. The third-order valence-corrected chi connectivity index (χ3v) is 3.66. The number of nitrogens with one attached hydrogen (secondary N) is 1. The largest absolute Gasteiger partial charge is 0.394 e. The second-order valence-electron chi connectivity index (χ2n) is 4.81. The van der Waals surface area contributed by atoms with Crippen LogP contribution < -0.4 is 5.32 Å². The number of urea groups is 1. The van der Waals surface area contributed by atoms with E-state index in [1.165, 1.54) is 4.90 Å². The van der Waals surface area contributed by atoms with Gasteiger partial charge in [0.2, 0.25) is 0 Å². The molecule has 2 aliphatic rings. The molecule has 16 heavy (non-hydrogen) atoms. The highest BCUT2D eigenvalue weighted by Crippen LogP contribution is 2.34. The van der Waals surface area contributed by atoms with E-state index in [0.29, 0.717) is 6.10 Å². The maximum Gasteiger partial charge on any atom is 0.317 e. The van der Waals surface area contributed by atoms with Crippen LogP contribution in [0.5, 0.6) is 0 Å². The summed E-state index contributed by atoms with van der Waals surface area (Å²) >= 11 is 0. The highest BCUT2D eigenvalue weighted by molar-refractivity contribution is 5.74. The average molecular weight is 228 g/mol. The topological polar surface area (TPSA) is 61.8 Å². The molecule has 2 bridgehead atoms. The van der Waals surface area contributed by atoms with Crippen LogP contribution in [-0.4, -0.2) is 54.0 Å². The molecule has 0 radical (unpaired) electrons. The Labute approximate surface area is 95.8 Å². The van der Waals surface area contributed by atoms with Crippen LogP contribution in [0.4, 0.5) is 4.79 Å². The van der Waals surface area contributed by atoms with Crippen molar-refractivity contribution < 1.29 is 14.6 Å². The number of amides is 2. The number of carbonyl (C=O) groups is 1. The van der Waals surface area contributed by atoms with Crippen LogP contribution in [0.2, 0.25) is 0 Å². The number of ether oxygens (including phenoxy) is 1. The molecule has 2 saturated heterocycles. The van der Waals surface area contributed by atoms with E-state index in [2.05, 4.69) is 5.32 Å². The summed E-state index contributed by atoms with van der Waals surface area (Å²) in [6.07, 6.45) is 3.65. The quantitative estimate of drug-likeness (QED) is 0.731. The Hall–Kier alpha value is -0.810. The molecular weight excluding hydrogens is 208 g/mol. The first-order valence-electron chi connectivity index (χ1n) is 5.91. The zero-order valence-electron chi connectivity index (χ0n) is 9.85. The summed E-state index contributed by atoms with van der Waals surface area (Å²) in [5.41, 5.74) is 0. The SMILES string of the molecule is CC(CO)N(C)C(=O)NC1CC2CCC1O2. The van der Waals surface area contributed by atoms with Crippen molar-refractivity contribution in [2.45, 2.75) is 50.5 Å².